The molecule has 0 saturated carbocycles. The number of aromatic nitrogens is 2. The van der Waals surface area contributed by atoms with E-state index >= 15 is 0 Å². The van der Waals surface area contributed by atoms with Gasteiger partial charge in [-0.15, -0.1) is 0 Å². The van der Waals surface area contributed by atoms with Crippen molar-refractivity contribution < 1.29 is 19.1 Å². The SMILES string of the molecule is COC(=O)C=CC(=O)OCCn1c(C)cc(C)nc1=O. The molecule has 1 rings (SSSR count). The van der Waals surface area contributed by atoms with Crippen LogP contribution in [0.3, 0.4) is 0 Å². The van der Waals surface area contributed by atoms with Gasteiger partial charge < -0.3 is 9.47 Å². The average molecular weight is 280 g/mol. The van der Waals surface area contributed by atoms with Crippen molar-refractivity contribution in [2.45, 2.75) is 20.4 Å². The summed E-state index contributed by atoms with van der Waals surface area (Å²) in [6.45, 7) is 3.72. The zero-order chi connectivity index (χ0) is 15.1. The van der Waals surface area contributed by atoms with Crippen LogP contribution in [-0.2, 0) is 25.6 Å². The van der Waals surface area contributed by atoms with Crippen LogP contribution in [-0.4, -0.2) is 35.2 Å². The molecule has 0 fully saturated rings. The van der Waals surface area contributed by atoms with Gasteiger partial charge >= 0.3 is 17.6 Å². The van der Waals surface area contributed by atoms with Gasteiger partial charge in [0.15, 0.2) is 0 Å². The molecule has 0 aliphatic heterocycles. The van der Waals surface area contributed by atoms with E-state index in [4.69, 9.17) is 4.74 Å². The van der Waals surface area contributed by atoms with Gasteiger partial charge in [0.05, 0.1) is 13.7 Å². The third kappa shape index (κ3) is 4.68. The van der Waals surface area contributed by atoms with E-state index in [2.05, 4.69) is 9.72 Å². The van der Waals surface area contributed by atoms with Gasteiger partial charge in [0.1, 0.15) is 6.61 Å². The van der Waals surface area contributed by atoms with Crippen molar-refractivity contribution in [3.63, 3.8) is 0 Å². The Bertz CT molecular complexity index is 589. The maximum absolute atomic E-state index is 11.6. The van der Waals surface area contributed by atoms with Crippen LogP contribution >= 0.6 is 0 Å². The number of nitrogens with zero attached hydrogens (tertiary/aromatic N) is 2. The second-order valence-corrected chi connectivity index (χ2v) is 4.00. The smallest absolute Gasteiger partial charge is 0.348 e. The van der Waals surface area contributed by atoms with Crippen LogP contribution < -0.4 is 5.69 Å². The van der Waals surface area contributed by atoms with Gasteiger partial charge in [-0.1, -0.05) is 0 Å². The maximum Gasteiger partial charge on any atom is 0.348 e. The highest BCUT2D eigenvalue weighted by Crippen LogP contribution is 1.96. The van der Waals surface area contributed by atoms with Crippen molar-refractivity contribution in [2.24, 2.45) is 0 Å². The summed E-state index contributed by atoms with van der Waals surface area (Å²) >= 11 is 0. The summed E-state index contributed by atoms with van der Waals surface area (Å²) in [6.07, 6.45) is 1.93. The highest BCUT2D eigenvalue weighted by molar-refractivity contribution is 5.91. The quantitative estimate of drug-likeness (QED) is 0.563. The molecule has 0 bridgehead atoms. The van der Waals surface area contributed by atoms with E-state index in [1.54, 1.807) is 19.9 Å². The van der Waals surface area contributed by atoms with Crippen molar-refractivity contribution >= 4 is 11.9 Å². The van der Waals surface area contributed by atoms with Crippen molar-refractivity contribution in [3.05, 3.63) is 40.1 Å². The Morgan fingerprint density at radius 2 is 1.95 bits per heavy atom. The molecule has 7 nitrogen and oxygen atoms in total. The van der Waals surface area contributed by atoms with Crippen LogP contribution in [0.25, 0.3) is 0 Å². The first-order valence-corrected chi connectivity index (χ1v) is 5.92. The Morgan fingerprint density at radius 3 is 2.55 bits per heavy atom. The molecule has 1 heterocycles. The van der Waals surface area contributed by atoms with Crippen molar-refractivity contribution in [1.82, 2.24) is 9.55 Å². The minimum Gasteiger partial charge on any atom is -0.466 e. The van der Waals surface area contributed by atoms with Crippen LogP contribution in [0, 0.1) is 13.8 Å². The molecule has 0 aromatic carbocycles. The summed E-state index contributed by atoms with van der Waals surface area (Å²) in [4.78, 5) is 37.4. The van der Waals surface area contributed by atoms with Gasteiger partial charge in [0, 0.05) is 23.5 Å². The lowest BCUT2D eigenvalue weighted by atomic mass is 10.3. The van der Waals surface area contributed by atoms with E-state index in [0.717, 1.165) is 17.8 Å². The van der Waals surface area contributed by atoms with Crippen LogP contribution in [0.2, 0.25) is 0 Å². The standard InChI is InChI=1S/C13H16N2O5/c1-9-8-10(2)15(13(18)14-9)6-7-20-12(17)5-4-11(16)19-3/h4-5,8H,6-7H2,1-3H3. The molecule has 0 saturated heterocycles. The predicted octanol–water partition coefficient (Wildman–Crippen LogP) is 0.133. The molecule has 0 aliphatic carbocycles. The van der Waals surface area contributed by atoms with Crippen LogP contribution in [0.5, 0.6) is 0 Å². The van der Waals surface area contributed by atoms with Gasteiger partial charge in [-0.05, 0) is 19.9 Å². The number of ether oxygens (including phenoxy) is 2. The third-order valence-corrected chi connectivity index (χ3v) is 2.46. The van der Waals surface area contributed by atoms with Crippen LogP contribution in [0.15, 0.2) is 23.0 Å². The Hall–Kier alpha value is -2.44. The van der Waals surface area contributed by atoms with Crippen LogP contribution in [0.1, 0.15) is 11.4 Å². The molecular weight excluding hydrogens is 264 g/mol. The van der Waals surface area contributed by atoms with E-state index in [1.807, 2.05) is 0 Å². The van der Waals surface area contributed by atoms with E-state index in [0.29, 0.717) is 5.69 Å². The fourth-order valence-corrected chi connectivity index (χ4v) is 1.54. The number of hydrogen-bond donors (Lipinski definition) is 0. The highest BCUT2D eigenvalue weighted by atomic mass is 16.5. The van der Waals surface area contributed by atoms with Crippen molar-refractivity contribution in [3.8, 4) is 0 Å². The largest absolute Gasteiger partial charge is 0.466 e. The molecule has 1 aromatic heterocycles. The minimum absolute atomic E-state index is 0.00976. The molecular formula is C13H16N2O5. The second-order valence-electron chi connectivity index (χ2n) is 4.00. The number of methoxy groups -OCH3 is 1. The van der Waals surface area contributed by atoms with Gasteiger partial charge in [0.25, 0.3) is 0 Å². The maximum atomic E-state index is 11.6. The Morgan fingerprint density at radius 1 is 1.30 bits per heavy atom. The molecule has 108 valence electrons. The monoisotopic (exact) mass is 280 g/mol. The molecule has 0 N–H and O–H groups in total. The van der Waals surface area contributed by atoms with E-state index in [9.17, 15) is 14.4 Å². The molecule has 0 aliphatic rings. The lowest BCUT2D eigenvalue weighted by Crippen LogP contribution is -2.27. The van der Waals surface area contributed by atoms with E-state index in [1.165, 1.54) is 11.7 Å². The van der Waals surface area contributed by atoms with Gasteiger partial charge in [-0.2, -0.15) is 4.98 Å². The number of aryl methyl sites for hydroxylation is 2. The number of carbonyl (C=O) groups is 2. The molecule has 0 spiro atoms. The first-order valence-electron chi connectivity index (χ1n) is 5.92. The molecule has 0 atom stereocenters. The topological polar surface area (TPSA) is 87.5 Å². The number of carbonyl (C=O) groups excluding carboxylic acids is 2. The molecule has 20 heavy (non-hydrogen) atoms. The first kappa shape index (κ1) is 15.6. The van der Waals surface area contributed by atoms with Crippen molar-refractivity contribution in [2.75, 3.05) is 13.7 Å². The fraction of sp³-hybridized carbons (Fsp3) is 0.385. The Balaban J connectivity index is 2.53. The summed E-state index contributed by atoms with van der Waals surface area (Å²) < 4.78 is 10.6. The number of hydrogen-bond acceptors (Lipinski definition) is 6. The van der Waals surface area contributed by atoms with Gasteiger partial charge in [-0.3, -0.25) is 4.57 Å². The molecule has 1 aromatic rings. The summed E-state index contributed by atoms with van der Waals surface area (Å²) in [6, 6.07) is 1.76. The normalized spacial score (nSPS) is 10.6. The van der Waals surface area contributed by atoms with Crippen LogP contribution in [0.4, 0.5) is 0 Å². The molecule has 7 heteroatoms. The summed E-state index contributed by atoms with van der Waals surface area (Å²) in [5.74, 6) is -1.32. The molecule has 0 amide bonds. The van der Waals surface area contributed by atoms with E-state index < -0.39 is 11.9 Å². The zero-order valence-corrected chi connectivity index (χ0v) is 11.6. The summed E-state index contributed by atoms with van der Waals surface area (Å²) in [7, 11) is 1.21. The molecule has 0 radical (unpaired) electrons. The number of rotatable bonds is 5. The average Bonchev–Trinajstić information content (AvgIpc) is 2.38. The third-order valence-electron chi connectivity index (χ3n) is 2.46. The summed E-state index contributed by atoms with van der Waals surface area (Å²) in [5.41, 5.74) is 0.994. The van der Waals surface area contributed by atoms with Gasteiger partial charge in [-0.25, -0.2) is 14.4 Å². The summed E-state index contributed by atoms with van der Waals surface area (Å²) in [5, 5.41) is 0. The minimum atomic E-state index is -0.679. The highest BCUT2D eigenvalue weighted by Gasteiger charge is 2.04. The zero-order valence-electron chi connectivity index (χ0n) is 11.6. The number of esters is 2. The Kier molecular flexibility index (Phi) is 5.64. The predicted molar refractivity (Wildman–Crippen MR) is 70.1 cm³/mol. The second kappa shape index (κ2) is 7.22. The fourth-order valence-electron chi connectivity index (χ4n) is 1.54. The molecule has 0 unspecified atom stereocenters. The van der Waals surface area contributed by atoms with Gasteiger partial charge in [0.2, 0.25) is 0 Å². The first-order chi connectivity index (χ1) is 9.43. The lowest BCUT2D eigenvalue weighted by Gasteiger charge is -2.09. The lowest BCUT2D eigenvalue weighted by molar-refractivity contribution is -0.139. The van der Waals surface area contributed by atoms with Crippen molar-refractivity contribution in [1.29, 1.82) is 0 Å². The Labute approximate surface area is 115 Å². The van der Waals surface area contributed by atoms with E-state index in [-0.39, 0.29) is 18.8 Å².